The summed E-state index contributed by atoms with van der Waals surface area (Å²) in [6.45, 7) is 5.73. The number of ether oxygens (including phenoxy) is 1. The van der Waals surface area contributed by atoms with Gasteiger partial charge in [-0.3, -0.25) is 0 Å². The Labute approximate surface area is 118 Å². The molecular formula is C14H20N2O4. The number of carboxylic acids is 1. The molecule has 0 aliphatic rings. The second kappa shape index (κ2) is 6.91. The van der Waals surface area contributed by atoms with Gasteiger partial charge in [0, 0.05) is 13.7 Å². The van der Waals surface area contributed by atoms with E-state index >= 15 is 0 Å². The molecule has 110 valence electrons. The molecule has 6 heteroatoms. The Morgan fingerprint density at radius 3 is 2.55 bits per heavy atom. The minimum absolute atomic E-state index is 0.0810. The number of methoxy groups -OCH3 is 1. The number of urea groups is 1. The van der Waals surface area contributed by atoms with Crippen molar-refractivity contribution in [1.29, 1.82) is 0 Å². The van der Waals surface area contributed by atoms with Crippen molar-refractivity contribution in [2.75, 3.05) is 19.0 Å². The van der Waals surface area contributed by atoms with Crippen LogP contribution >= 0.6 is 0 Å². The van der Waals surface area contributed by atoms with Crippen LogP contribution in [-0.4, -0.2) is 36.9 Å². The predicted octanol–water partition coefficient (Wildman–Crippen LogP) is 2.16. The van der Waals surface area contributed by atoms with Gasteiger partial charge in [0.05, 0.1) is 17.4 Å². The molecular weight excluding hydrogens is 260 g/mol. The van der Waals surface area contributed by atoms with E-state index in [4.69, 9.17) is 4.74 Å². The highest BCUT2D eigenvalue weighted by atomic mass is 16.5. The van der Waals surface area contributed by atoms with Crippen LogP contribution in [0, 0.1) is 13.8 Å². The molecule has 0 aliphatic carbocycles. The summed E-state index contributed by atoms with van der Waals surface area (Å²) in [5.74, 6) is -1.07. The third-order valence-corrected chi connectivity index (χ3v) is 2.90. The van der Waals surface area contributed by atoms with Crippen LogP contribution in [0.25, 0.3) is 0 Å². The first-order valence-electron chi connectivity index (χ1n) is 6.27. The largest absolute Gasteiger partial charge is 0.478 e. The zero-order chi connectivity index (χ0) is 15.3. The number of benzene rings is 1. The second-order valence-corrected chi connectivity index (χ2v) is 4.69. The molecule has 0 spiro atoms. The number of carbonyl (C=O) groups is 2. The summed E-state index contributed by atoms with van der Waals surface area (Å²) in [4.78, 5) is 23.0. The summed E-state index contributed by atoms with van der Waals surface area (Å²) in [7, 11) is 1.55. The topological polar surface area (TPSA) is 87.7 Å². The van der Waals surface area contributed by atoms with Crippen LogP contribution in [0.3, 0.4) is 0 Å². The van der Waals surface area contributed by atoms with Crippen molar-refractivity contribution in [3.8, 4) is 0 Å². The summed E-state index contributed by atoms with van der Waals surface area (Å²) in [5, 5.41) is 14.4. The number of nitrogens with one attached hydrogen (secondary N) is 2. The molecule has 2 amide bonds. The highest BCUT2D eigenvalue weighted by Crippen LogP contribution is 2.22. The van der Waals surface area contributed by atoms with Crippen molar-refractivity contribution in [3.05, 3.63) is 28.8 Å². The molecule has 3 N–H and O–H groups in total. The first kappa shape index (κ1) is 16.0. The van der Waals surface area contributed by atoms with E-state index in [9.17, 15) is 14.7 Å². The fourth-order valence-electron chi connectivity index (χ4n) is 1.78. The number of anilines is 1. The number of carboxylic acid groups (broad SMARTS) is 1. The standard InChI is InChI=1S/C14H20N2O4/c1-8-5-9(2)12(11(6-8)13(17)18)16-14(19)15-7-10(3)20-4/h5-6,10H,7H2,1-4H3,(H,17,18)(H2,15,16,19). The van der Waals surface area contributed by atoms with Gasteiger partial charge in [-0.15, -0.1) is 0 Å². The molecule has 0 fully saturated rings. The normalized spacial score (nSPS) is 11.8. The van der Waals surface area contributed by atoms with Crippen molar-refractivity contribution in [1.82, 2.24) is 5.32 Å². The maximum absolute atomic E-state index is 11.8. The zero-order valence-corrected chi connectivity index (χ0v) is 12.1. The number of hydrogen-bond acceptors (Lipinski definition) is 3. The molecule has 1 aromatic carbocycles. The third kappa shape index (κ3) is 4.24. The molecule has 0 aromatic heterocycles. The minimum atomic E-state index is -1.07. The molecule has 0 aliphatic heterocycles. The first-order valence-corrected chi connectivity index (χ1v) is 6.27. The van der Waals surface area contributed by atoms with E-state index in [1.54, 1.807) is 14.0 Å². The molecule has 1 aromatic rings. The number of aromatic carboxylic acids is 1. The number of carbonyl (C=O) groups excluding carboxylic acids is 1. The van der Waals surface area contributed by atoms with E-state index in [-0.39, 0.29) is 11.7 Å². The van der Waals surface area contributed by atoms with E-state index in [2.05, 4.69) is 10.6 Å². The molecule has 0 heterocycles. The first-order chi connectivity index (χ1) is 9.35. The van der Waals surface area contributed by atoms with Crippen LogP contribution < -0.4 is 10.6 Å². The van der Waals surface area contributed by atoms with E-state index in [0.29, 0.717) is 17.8 Å². The molecule has 6 nitrogen and oxygen atoms in total. The van der Waals surface area contributed by atoms with Crippen molar-refractivity contribution in [2.24, 2.45) is 0 Å². The van der Waals surface area contributed by atoms with Gasteiger partial charge in [0.25, 0.3) is 0 Å². The molecule has 0 radical (unpaired) electrons. The zero-order valence-electron chi connectivity index (χ0n) is 12.1. The van der Waals surface area contributed by atoms with Crippen molar-refractivity contribution < 1.29 is 19.4 Å². The number of rotatable bonds is 5. The molecule has 1 rings (SSSR count). The quantitative estimate of drug-likeness (QED) is 0.771. The van der Waals surface area contributed by atoms with Gasteiger partial charge < -0.3 is 20.5 Å². The Hall–Kier alpha value is -2.08. The van der Waals surface area contributed by atoms with E-state index < -0.39 is 12.0 Å². The van der Waals surface area contributed by atoms with E-state index in [1.165, 1.54) is 6.07 Å². The molecule has 1 unspecified atom stereocenters. The lowest BCUT2D eigenvalue weighted by molar-refractivity contribution is 0.0698. The molecule has 1 atom stereocenters. The van der Waals surface area contributed by atoms with Gasteiger partial charge >= 0.3 is 12.0 Å². The van der Waals surface area contributed by atoms with Gasteiger partial charge in [0.15, 0.2) is 0 Å². The lowest BCUT2D eigenvalue weighted by Crippen LogP contribution is -2.35. The van der Waals surface area contributed by atoms with Gasteiger partial charge in [0.2, 0.25) is 0 Å². The molecule has 0 bridgehead atoms. The van der Waals surface area contributed by atoms with Gasteiger partial charge in [-0.1, -0.05) is 6.07 Å². The van der Waals surface area contributed by atoms with Gasteiger partial charge in [-0.2, -0.15) is 0 Å². The number of aryl methyl sites for hydroxylation is 2. The summed E-state index contributed by atoms with van der Waals surface area (Å²) in [6, 6.07) is 2.89. The fraction of sp³-hybridized carbons (Fsp3) is 0.429. The summed E-state index contributed by atoms with van der Waals surface area (Å²) in [5.41, 5.74) is 1.93. The Bertz CT molecular complexity index is 514. The summed E-state index contributed by atoms with van der Waals surface area (Å²) < 4.78 is 5.02. The average Bonchev–Trinajstić information content (AvgIpc) is 2.38. The fourth-order valence-corrected chi connectivity index (χ4v) is 1.78. The smallest absolute Gasteiger partial charge is 0.337 e. The van der Waals surface area contributed by atoms with Crippen LogP contribution in [0.1, 0.15) is 28.4 Å². The minimum Gasteiger partial charge on any atom is -0.478 e. The lowest BCUT2D eigenvalue weighted by Gasteiger charge is -2.15. The Kier molecular flexibility index (Phi) is 5.52. The SMILES string of the molecule is COC(C)CNC(=O)Nc1c(C)cc(C)cc1C(=O)O. The summed E-state index contributed by atoms with van der Waals surface area (Å²) >= 11 is 0. The highest BCUT2D eigenvalue weighted by molar-refractivity contribution is 6.01. The Morgan fingerprint density at radius 2 is 2.00 bits per heavy atom. The monoisotopic (exact) mass is 280 g/mol. The van der Waals surface area contributed by atoms with Gasteiger partial charge in [0.1, 0.15) is 0 Å². The van der Waals surface area contributed by atoms with E-state index in [0.717, 1.165) is 5.56 Å². The van der Waals surface area contributed by atoms with Crippen molar-refractivity contribution in [2.45, 2.75) is 26.9 Å². The predicted molar refractivity (Wildman–Crippen MR) is 76.4 cm³/mol. The van der Waals surface area contributed by atoms with E-state index in [1.807, 2.05) is 19.9 Å². The molecule has 0 saturated heterocycles. The Morgan fingerprint density at radius 1 is 1.35 bits per heavy atom. The molecule has 20 heavy (non-hydrogen) atoms. The maximum Gasteiger partial charge on any atom is 0.337 e. The van der Waals surface area contributed by atoms with Crippen LogP contribution in [-0.2, 0) is 4.74 Å². The lowest BCUT2D eigenvalue weighted by atomic mass is 10.0. The van der Waals surface area contributed by atoms with Crippen molar-refractivity contribution in [3.63, 3.8) is 0 Å². The van der Waals surface area contributed by atoms with Gasteiger partial charge in [-0.05, 0) is 38.0 Å². The van der Waals surface area contributed by atoms with Crippen LogP contribution in [0.15, 0.2) is 12.1 Å². The Balaban J connectivity index is 2.86. The van der Waals surface area contributed by atoms with Crippen LogP contribution in [0.2, 0.25) is 0 Å². The van der Waals surface area contributed by atoms with Crippen LogP contribution in [0.5, 0.6) is 0 Å². The summed E-state index contributed by atoms with van der Waals surface area (Å²) in [6.07, 6.45) is -0.112. The number of amides is 2. The third-order valence-electron chi connectivity index (χ3n) is 2.90. The molecule has 0 saturated carbocycles. The van der Waals surface area contributed by atoms with Crippen molar-refractivity contribution >= 4 is 17.7 Å². The average molecular weight is 280 g/mol. The second-order valence-electron chi connectivity index (χ2n) is 4.69. The van der Waals surface area contributed by atoms with Crippen LogP contribution in [0.4, 0.5) is 10.5 Å². The maximum atomic E-state index is 11.8. The van der Waals surface area contributed by atoms with Gasteiger partial charge in [-0.25, -0.2) is 9.59 Å². The number of hydrogen-bond donors (Lipinski definition) is 3. The highest BCUT2D eigenvalue weighted by Gasteiger charge is 2.15.